The Balaban J connectivity index is 1.84. The molecule has 0 amide bonds. The van der Waals surface area contributed by atoms with Gasteiger partial charge < -0.3 is 21.2 Å². The average molecular weight is 260 g/mol. The van der Waals surface area contributed by atoms with Crippen LogP contribution in [0.15, 0.2) is 5.16 Å². The van der Waals surface area contributed by atoms with Crippen LogP contribution in [0.25, 0.3) is 0 Å². The van der Waals surface area contributed by atoms with Gasteiger partial charge in [0.2, 0.25) is 0 Å². The summed E-state index contributed by atoms with van der Waals surface area (Å²) in [5, 5.41) is 14.7. The van der Waals surface area contributed by atoms with Gasteiger partial charge in [0.1, 0.15) is 5.84 Å². The van der Waals surface area contributed by atoms with Gasteiger partial charge >= 0.3 is 0 Å². The minimum atomic E-state index is 0.329. The van der Waals surface area contributed by atoms with Crippen molar-refractivity contribution in [2.24, 2.45) is 10.9 Å². The van der Waals surface area contributed by atoms with Crippen LogP contribution in [0.1, 0.15) is 19.3 Å². The second kappa shape index (κ2) is 9.56. The summed E-state index contributed by atoms with van der Waals surface area (Å²) in [5.74, 6) is 2.88. The normalized spacial score (nSPS) is 18.5. The molecule has 1 rings (SSSR count). The molecule has 0 aliphatic carbocycles. The fraction of sp³-hybridized carbons (Fsp3) is 0.909. The Morgan fingerprint density at radius 3 is 2.76 bits per heavy atom. The largest absolute Gasteiger partial charge is 0.409 e. The smallest absolute Gasteiger partial charge is 0.139 e. The first-order chi connectivity index (χ1) is 8.33. The van der Waals surface area contributed by atoms with E-state index in [4.69, 9.17) is 10.9 Å². The van der Waals surface area contributed by atoms with E-state index < -0.39 is 0 Å². The third-order valence-corrected chi connectivity index (χ3v) is 3.82. The minimum absolute atomic E-state index is 0.329. The van der Waals surface area contributed by atoms with Gasteiger partial charge in [-0.25, -0.2) is 0 Å². The van der Waals surface area contributed by atoms with Crippen LogP contribution in [-0.2, 0) is 0 Å². The van der Waals surface area contributed by atoms with Crippen molar-refractivity contribution in [3.05, 3.63) is 0 Å². The minimum Gasteiger partial charge on any atom is -0.409 e. The van der Waals surface area contributed by atoms with E-state index in [2.05, 4.69) is 15.4 Å². The predicted octanol–water partition coefficient (Wildman–Crippen LogP) is 0.542. The lowest BCUT2D eigenvalue weighted by Gasteiger charge is -2.26. The molecule has 0 aromatic carbocycles. The molecule has 0 bridgehead atoms. The Bertz CT molecular complexity index is 220. The molecule has 1 heterocycles. The number of hydrogen-bond acceptors (Lipinski definition) is 5. The molecule has 5 nitrogen and oxygen atoms in total. The van der Waals surface area contributed by atoms with Crippen LogP contribution < -0.4 is 11.1 Å². The van der Waals surface area contributed by atoms with Crippen molar-refractivity contribution in [3.63, 3.8) is 0 Å². The number of amidine groups is 1. The quantitative estimate of drug-likeness (QED) is 0.195. The van der Waals surface area contributed by atoms with Gasteiger partial charge in [0, 0.05) is 44.1 Å². The molecule has 0 unspecified atom stereocenters. The van der Waals surface area contributed by atoms with Crippen molar-refractivity contribution in [1.82, 2.24) is 10.2 Å². The van der Waals surface area contributed by atoms with E-state index in [-0.39, 0.29) is 0 Å². The highest BCUT2D eigenvalue weighted by Crippen LogP contribution is 2.07. The van der Waals surface area contributed by atoms with Gasteiger partial charge in [-0.1, -0.05) is 5.16 Å². The van der Waals surface area contributed by atoms with Gasteiger partial charge in [0.05, 0.1) is 0 Å². The van der Waals surface area contributed by atoms with E-state index in [9.17, 15) is 0 Å². The highest BCUT2D eigenvalue weighted by atomic mass is 32.2. The molecule has 0 radical (unpaired) electrons. The zero-order valence-electron chi connectivity index (χ0n) is 10.4. The lowest BCUT2D eigenvalue weighted by molar-refractivity contribution is 0.301. The summed E-state index contributed by atoms with van der Waals surface area (Å²) in [4.78, 5) is 2.51. The second-order valence-electron chi connectivity index (χ2n) is 4.25. The fourth-order valence-corrected chi connectivity index (χ4v) is 2.77. The van der Waals surface area contributed by atoms with E-state index in [1.54, 1.807) is 0 Å². The van der Waals surface area contributed by atoms with Crippen molar-refractivity contribution in [2.75, 3.05) is 44.2 Å². The summed E-state index contributed by atoms with van der Waals surface area (Å²) in [7, 11) is 0. The van der Waals surface area contributed by atoms with Gasteiger partial charge in [-0.2, -0.15) is 11.8 Å². The summed E-state index contributed by atoms with van der Waals surface area (Å²) in [6.45, 7) is 5.70. The summed E-state index contributed by atoms with van der Waals surface area (Å²) >= 11 is 2.05. The van der Waals surface area contributed by atoms with Gasteiger partial charge in [-0.3, -0.25) is 0 Å². The van der Waals surface area contributed by atoms with E-state index in [0.29, 0.717) is 12.3 Å². The first-order valence-electron chi connectivity index (χ1n) is 6.30. The molecule has 6 heteroatoms. The van der Waals surface area contributed by atoms with Crippen LogP contribution in [0.4, 0.5) is 0 Å². The van der Waals surface area contributed by atoms with Crippen LogP contribution in [-0.4, -0.2) is 60.2 Å². The van der Waals surface area contributed by atoms with E-state index >= 15 is 0 Å². The number of oxime groups is 1. The van der Waals surface area contributed by atoms with E-state index in [1.807, 2.05) is 11.8 Å². The highest BCUT2D eigenvalue weighted by Gasteiger charge is 2.08. The summed E-state index contributed by atoms with van der Waals surface area (Å²) in [6.07, 6.45) is 2.73. The Hall–Kier alpha value is -0.460. The number of nitrogens with zero attached hydrogens (tertiary/aromatic N) is 2. The van der Waals surface area contributed by atoms with Crippen LogP contribution in [0.5, 0.6) is 0 Å². The van der Waals surface area contributed by atoms with Crippen molar-refractivity contribution >= 4 is 17.6 Å². The maximum absolute atomic E-state index is 8.36. The Kier molecular flexibility index (Phi) is 8.21. The SMILES string of the molecule is NC(CCCCNCCN1CCSCC1)=NO. The lowest BCUT2D eigenvalue weighted by Crippen LogP contribution is -2.37. The number of hydrogen-bond donors (Lipinski definition) is 3. The molecule has 0 aromatic rings. The molecule has 0 saturated carbocycles. The summed E-state index contributed by atoms with van der Waals surface area (Å²) in [6, 6.07) is 0. The maximum atomic E-state index is 8.36. The van der Waals surface area contributed by atoms with Crippen LogP contribution in [0.2, 0.25) is 0 Å². The number of thioether (sulfide) groups is 1. The first-order valence-corrected chi connectivity index (χ1v) is 7.45. The van der Waals surface area contributed by atoms with E-state index in [1.165, 1.54) is 24.6 Å². The number of unbranched alkanes of at least 4 members (excludes halogenated alkanes) is 1. The van der Waals surface area contributed by atoms with Crippen molar-refractivity contribution in [1.29, 1.82) is 0 Å². The molecule has 1 fully saturated rings. The van der Waals surface area contributed by atoms with Crippen LogP contribution in [0.3, 0.4) is 0 Å². The highest BCUT2D eigenvalue weighted by molar-refractivity contribution is 7.99. The standard InChI is InChI=1S/C11H24N4OS/c12-11(14-16)3-1-2-4-13-5-6-15-7-9-17-10-8-15/h13,16H,1-10H2,(H2,12,14). The molecule has 0 atom stereocenters. The molecular weight excluding hydrogens is 236 g/mol. The van der Waals surface area contributed by atoms with Gasteiger partial charge in [-0.05, 0) is 19.4 Å². The van der Waals surface area contributed by atoms with Crippen LogP contribution in [0, 0.1) is 0 Å². The number of nitrogens with two attached hydrogens (primary N) is 1. The van der Waals surface area contributed by atoms with Crippen molar-refractivity contribution in [3.8, 4) is 0 Å². The Morgan fingerprint density at radius 2 is 2.06 bits per heavy atom. The first kappa shape index (κ1) is 14.6. The van der Waals surface area contributed by atoms with Crippen molar-refractivity contribution < 1.29 is 5.21 Å². The number of rotatable bonds is 8. The summed E-state index contributed by atoms with van der Waals surface area (Å²) < 4.78 is 0. The molecule has 17 heavy (non-hydrogen) atoms. The van der Waals surface area contributed by atoms with Crippen molar-refractivity contribution in [2.45, 2.75) is 19.3 Å². The molecule has 4 N–H and O–H groups in total. The topological polar surface area (TPSA) is 73.9 Å². The molecular formula is C11H24N4OS. The average Bonchev–Trinajstić information content (AvgIpc) is 2.38. The predicted molar refractivity (Wildman–Crippen MR) is 73.9 cm³/mol. The monoisotopic (exact) mass is 260 g/mol. The second-order valence-corrected chi connectivity index (χ2v) is 5.48. The molecule has 0 spiro atoms. The zero-order chi connectivity index (χ0) is 12.3. The third-order valence-electron chi connectivity index (χ3n) is 2.87. The molecule has 1 aliphatic rings. The maximum Gasteiger partial charge on any atom is 0.139 e. The summed E-state index contributed by atoms with van der Waals surface area (Å²) in [5.41, 5.74) is 5.38. The van der Waals surface area contributed by atoms with E-state index in [0.717, 1.165) is 32.5 Å². The van der Waals surface area contributed by atoms with Gasteiger partial charge in [0.25, 0.3) is 0 Å². The molecule has 100 valence electrons. The lowest BCUT2D eigenvalue weighted by atomic mass is 10.2. The Labute approximate surface area is 108 Å². The Morgan fingerprint density at radius 1 is 1.29 bits per heavy atom. The fourth-order valence-electron chi connectivity index (χ4n) is 1.79. The van der Waals surface area contributed by atoms with Crippen LogP contribution >= 0.6 is 11.8 Å². The molecule has 0 aromatic heterocycles. The molecule has 1 aliphatic heterocycles. The molecule has 1 saturated heterocycles. The van der Waals surface area contributed by atoms with Gasteiger partial charge in [-0.15, -0.1) is 0 Å². The number of nitrogens with one attached hydrogen (secondary N) is 1. The third kappa shape index (κ3) is 7.46. The van der Waals surface area contributed by atoms with Gasteiger partial charge in [0.15, 0.2) is 0 Å². The zero-order valence-corrected chi connectivity index (χ0v) is 11.2.